The lowest BCUT2D eigenvalue weighted by Gasteiger charge is -2.18. The van der Waals surface area contributed by atoms with Crippen molar-refractivity contribution >= 4 is 68.1 Å². The summed E-state index contributed by atoms with van der Waals surface area (Å²) in [6.07, 6.45) is 4.93. The Bertz CT molecular complexity index is 1020. The number of anilines is 1. The van der Waals surface area contributed by atoms with E-state index in [4.69, 9.17) is 23.2 Å². The van der Waals surface area contributed by atoms with E-state index < -0.39 is 0 Å². The smallest absolute Gasteiger partial charge is 0.234 e. The number of hydrogen-bond acceptors (Lipinski definition) is 5. The van der Waals surface area contributed by atoms with Gasteiger partial charge in [-0.05, 0) is 42.9 Å². The number of rotatable bonds is 4. The van der Waals surface area contributed by atoms with Crippen molar-refractivity contribution in [2.75, 3.05) is 11.1 Å². The number of nitrogens with zero attached hydrogens (tertiary/aromatic N) is 2. The molecule has 1 aliphatic carbocycles. The summed E-state index contributed by atoms with van der Waals surface area (Å²) >= 11 is 15.3. The van der Waals surface area contributed by atoms with Crippen molar-refractivity contribution in [3.05, 3.63) is 45.0 Å². The number of halogens is 2. The van der Waals surface area contributed by atoms with Crippen molar-refractivity contribution in [1.82, 2.24) is 9.97 Å². The summed E-state index contributed by atoms with van der Waals surface area (Å²) in [6, 6.07) is 5.17. The minimum absolute atomic E-state index is 0.145. The van der Waals surface area contributed by atoms with Crippen molar-refractivity contribution in [3.8, 4) is 0 Å². The van der Waals surface area contributed by atoms with Gasteiger partial charge in [0.1, 0.15) is 16.2 Å². The van der Waals surface area contributed by atoms with E-state index >= 15 is 0 Å². The average molecular weight is 438 g/mol. The molecule has 1 N–H and O–H groups in total. The number of carbonyl (C=O) groups is 1. The molecule has 4 rings (SSSR count). The SMILES string of the molecule is C[C@H]1CCc2c(sc3ncnc(SCC(=O)Nc4cccc(Cl)c4Cl)c23)C1. The second-order valence-corrected chi connectivity index (χ2v) is 9.48. The van der Waals surface area contributed by atoms with Crippen LogP contribution in [-0.4, -0.2) is 21.6 Å². The quantitative estimate of drug-likeness (QED) is 0.410. The van der Waals surface area contributed by atoms with Gasteiger partial charge >= 0.3 is 0 Å². The number of thiophene rings is 1. The number of hydrogen-bond donors (Lipinski definition) is 1. The molecule has 3 aromatic rings. The maximum atomic E-state index is 12.4. The van der Waals surface area contributed by atoms with E-state index in [1.807, 2.05) is 0 Å². The lowest BCUT2D eigenvalue weighted by atomic mass is 9.89. The first-order valence-electron chi connectivity index (χ1n) is 8.65. The summed E-state index contributed by atoms with van der Waals surface area (Å²) in [5.74, 6) is 0.812. The zero-order valence-corrected chi connectivity index (χ0v) is 17.7. The molecule has 0 unspecified atom stereocenters. The molecule has 1 atom stereocenters. The van der Waals surface area contributed by atoms with Gasteiger partial charge in [-0.2, -0.15) is 0 Å². The average Bonchev–Trinajstić information content (AvgIpc) is 3.01. The number of carbonyl (C=O) groups excluding carboxylic acids is 1. The Labute approximate surface area is 175 Å². The van der Waals surface area contributed by atoms with Gasteiger partial charge < -0.3 is 5.32 Å². The van der Waals surface area contributed by atoms with Gasteiger partial charge in [-0.3, -0.25) is 4.79 Å². The van der Waals surface area contributed by atoms with Gasteiger partial charge in [0, 0.05) is 10.3 Å². The van der Waals surface area contributed by atoms with E-state index in [9.17, 15) is 4.79 Å². The molecule has 0 saturated heterocycles. The molecule has 0 aliphatic heterocycles. The minimum atomic E-state index is -0.145. The van der Waals surface area contributed by atoms with Gasteiger partial charge in [-0.1, -0.05) is 48.0 Å². The number of nitrogens with one attached hydrogen (secondary N) is 1. The highest BCUT2D eigenvalue weighted by Gasteiger charge is 2.23. The summed E-state index contributed by atoms with van der Waals surface area (Å²) in [7, 11) is 0. The molecule has 1 aromatic carbocycles. The molecule has 0 saturated carbocycles. The summed E-state index contributed by atoms with van der Waals surface area (Å²) in [4.78, 5) is 23.7. The fourth-order valence-electron chi connectivity index (χ4n) is 3.28. The van der Waals surface area contributed by atoms with Crippen LogP contribution in [0.2, 0.25) is 10.0 Å². The van der Waals surface area contributed by atoms with Crippen molar-refractivity contribution < 1.29 is 4.79 Å². The van der Waals surface area contributed by atoms with Crippen LogP contribution in [0.1, 0.15) is 23.8 Å². The molecule has 1 amide bonds. The molecule has 4 nitrogen and oxygen atoms in total. The summed E-state index contributed by atoms with van der Waals surface area (Å²) in [5.41, 5.74) is 1.89. The summed E-state index contributed by atoms with van der Waals surface area (Å²) in [5, 5.41) is 5.58. The zero-order valence-electron chi connectivity index (χ0n) is 14.6. The van der Waals surface area contributed by atoms with Crippen molar-refractivity contribution in [1.29, 1.82) is 0 Å². The van der Waals surface area contributed by atoms with Crippen LogP contribution in [0.4, 0.5) is 5.69 Å². The Balaban J connectivity index is 1.52. The van der Waals surface area contributed by atoms with Gasteiger partial charge in [0.15, 0.2) is 0 Å². The lowest BCUT2D eigenvalue weighted by molar-refractivity contribution is -0.113. The Kier molecular flexibility index (Phi) is 5.60. The van der Waals surface area contributed by atoms with Gasteiger partial charge in [0.2, 0.25) is 5.91 Å². The van der Waals surface area contributed by atoms with Crippen LogP contribution < -0.4 is 5.32 Å². The molecular weight excluding hydrogens is 421 g/mol. The molecule has 0 fully saturated rings. The first kappa shape index (κ1) is 19.0. The van der Waals surface area contributed by atoms with Crippen LogP contribution in [0, 0.1) is 5.92 Å². The van der Waals surface area contributed by atoms with E-state index in [2.05, 4.69) is 22.2 Å². The number of aryl methyl sites for hydroxylation is 1. The first-order chi connectivity index (χ1) is 13.0. The Hall–Kier alpha value is -1.34. The van der Waals surface area contributed by atoms with Gasteiger partial charge in [-0.15, -0.1) is 11.3 Å². The molecule has 2 aromatic heterocycles. The van der Waals surface area contributed by atoms with Crippen LogP contribution >= 0.6 is 46.3 Å². The number of thioether (sulfide) groups is 1. The van der Waals surface area contributed by atoms with E-state index in [0.717, 1.165) is 28.1 Å². The second kappa shape index (κ2) is 7.95. The summed E-state index contributed by atoms with van der Waals surface area (Å²) in [6.45, 7) is 2.29. The molecule has 1 aliphatic rings. The van der Waals surface area contributed by atoms with E-state index in [1.54, 1.807) is 35.9 Å². The van der Waals surface area contributed by atoms with Gasteiger partial charge in [0.05, 0.1) is 21.5 Å². The Morgan fingerprint density at radius 1 is 1.37 bits per heavy atom. The first-order valence-corrected chi connectivity index (χ1v) is 11.2. The number of benzene rings is 1. The third-order valence-electron chi connectivity index (χ3n) is 4.62. The van der Waals surface area contributed by atoms with Gasteiger partial charge in [-0.25, -0.2) is 9.97 Å². The number of fused-ring (bicyclic) bond motifs is 3. The van der Waals surface area contributed by atoms with Crippen LogP contribution in [0.25, 0.3) is 10.2 Å². The second-order valence-electron chi connectivity index (χ2n) is 6.65. The van der Waals surface area contributed by atoms with Crippen molar-refractivity contribution in [2.24, 2.45) is 5.92 Å². The fraction of sp³-hybridized carbons (Fsp3) is 0.316. The molecule has 0 radical (unpaired) electrons. The lowest BCUT2D eigenvalue weighted by Crippen LogP contribution is -2.14. The largest absolute Gasteiger partial charge is 0.324 e. The van der Waals surface area contributed by atoms with Crippen LogP contribution in [0.5, 0.6) is 0 Å². The predicted octanol–water partition coefficient (Wildman–Crippen LogP) is 5.85. The van der Waals surface area contributed by atoms with Crippen LogP contribution in [-0.2, 0) is 17.6 Å². The molecular formula is C19H17Cl2N3OS2. The third kappa shape index (κ3) is 3.94. The number of aromatic nitrogens is 2. The Morgan fingerprint density at radius 2 is 2.22 bits per heavy atom. The number of amides is 1. The van der Waals surface area contributed by atoms with Gasteiger partial charge in [0.25, 0.3) is 0 Å². The molecule has 8 heteroatoms. The molecule has 0 spiro atoms. The van der Waals surface area contributed by atoms with E-state index in [-0.39, 0.29) is 11.7 Å². The highest BCUT2D eigenvalue weighted by Crippen LogP contribution is 2.40. The predicted molar refractivity (Wildman–Crippen MR) is 114 cm³/mol. The molecule has 140 valence electrons. The summed E-state index contributed by atoms with van der Waals surface area (Å²) < 4.78 is 0. The highest BCUT2D eigenvalue weighted by atomic mass is 35.5. The molecule has 27 heavy (non-hydrogen) atoms. The third-order valence-corrected chi connectivity index (χ3v) is 7.59. The standard InChI is InChI=1S/C19H17Cl2N3OS2/c1-10-5-6-11-14(7-10)27-19-16(11)18(22-9-23-19)26-8-15(25)24-13-4-2-3-12(20)17(13)21/h2-4,9-10H,5-8H2,1H3,(H,24,25)/t10-/m0/s1. The van der Waals surface area contributed by atoms with Crippen molar-refractivity contribution in [2.45, 2.75) is 31.2 Å². The maximum absolute atomic E-state index is 12.4. The molecule has 0 bridgehead atoms. The fourth-order valence-corrected chi connectivity index (χ4v) is 5.86. The maximum Gasteiger partial charge on any atom is 0.234 e. The normalized spacial score (nSPS) is 16.3. The topological polar surface area (TPSA) is 54.9 Å². The molecule has 2 heterocycles. The Morgan fingerprint density at radius 3 is 3.07 bits per heavy atom. The monoisotopic (exact) mass is 437 g/mol. The van der Waals surface area contributed by atoms with Crippen LogP contribution in [0.15, 0.2) is 29.6 Å². The minimum Gasteiger partial charge on any atom is -0.324 e. The van der Waals surface area contributed by atoms with E-state index in [1.165, 1.54) is 28.6 Å². The van der Waals surface area contributed by atoms with Crippen molar-refractivity contribution in [3.63, 3.8) is 0 Å². The highest BCUT2D eigenvalue weighted by molar-refractivity contribution is 8.00. The van der Waals surface area contributed by atoms with Crippen LogP contribution in [0.3, 0.4) is 0 Å². The zero-order chi connectivity index (χ0) is 19.0. The van der Waals surface area contributed by atoms with E-state index in [0.29, 0.717) is 21.7 Å².